The van der Waals surface area contributed by atoms with Crippen LogP contribution in [0.4, 0.5) is 22.9 Å². The summed E-state index contributed by atoms with van der Waals surface area (Å²) in [6, 6.07) is 24.1. The third kappa shape index (κ3) is 5.20. The van der Waals surface area contributed by atoms with Crippen molar-refractivity contribution in [2.24, 2.45) is 0 Å². The Kier molecular flexibility index (Phi) is 6.82. The Morgan fingerprint density at radius 1 is 0.923 bits per heavy atom. The summed E-state index contributed by atoms with van der Waals surface area (Å²) in [6.07, 6.45) is 1.93. The van der Waals surface area contributed by atoms with Gasteiger partial charge in [0.05, 0.1) is 15.5 Å². The molecular weight excluding hydrogens is 496 g/mol. The van der Waals surface area contributed by atoms with Crippen LogP contribution in [0.2, 0.25) is 0 Å². The molecule has 0 bridgehead atoms. The van der Waals surface area contributed by atoms with E-state index in [0.717, 1.165) is 22.4 Å². The van der Waals surface area contributed by atoms with E-state index in [0.29, 0.717) is 41.3 Å². The van der Waals surface area contributed by atoms with Crippen molar-refractivity contribution < 1.29 is 9.85 Å². The number of para-hydroxylation sites is 1. The maximum absolute atomic E-state index is 11.3. The van der Waals surface area contributed by atoms with Gasteiger partial charge in [0.25, 0.3) is 11.4 Å². The molecule has 0 unspecified atom stereocenters. The summed E-state index contributed by atoms with van der Waals surface area (Å²) in [6.45, 7) is 1.07. The molecule has 10 heteroatoms. The van der Waals surface area contributed by atoms with Gasteiger partial charge in [-0.3, -0.25) is 25.1 Å². The van der Waals surface area contributed by atoms with Crippen molar-refractivity contribution in [2.75, 3.05) is 18.9 Å². The van der Waals surface area contributed by atoms with E-state index in [1.54, 1.807) is 24.3 Å². The van der Waals surface area contributed by atoms with E-state index in [-0.39, 0.29) is 11.4 Å². The molecule has 3 aromatic carbocycles. The minimum Gasteiger partial charge on any atom is -0.339 e. The largest absolute Gasteiger partial charge is 0.339 e. The van der Waals surface area contributed by atoms with Crippen molar-refractivity contribution in [1.82, 2.24) is 9.88 Å². The molecule has 0 fully saturated rings. The van der Waals surface area contributed by atoms with Crippen LogP contribution in [0.1, 0.15) is 22.4 Å². The molecule has 0 radical (unpaired) electrons. The Hall–Kier alpha value is -5.40. The molecule has 2 heterocycles. The zero-order valence-corrected chi connectivity index (χ0v) is 20.9. The minimum atomic E-state index is -0.460. The van der Waals surface area contributed by atoms with Crippen molar-refractivity contribution in [3.8, 4) is 17.2 Å². The fourth-order valence-electron chi connectivity index (χ4n) is 4.67. The highest BCUT2D eigenvalue weighted by Crippen LogP contribution is 2.40. The van der Waals surface area contributed by atoms with Crippen molar-refractivity contribution in [3.63, 3.8) is 0 Å². The van der Waals surface area contributed by atoms with Crippen LogP contribution in [-0.2, 0) is 6.54 Å². The number of non-ortho nitro benzene ring substituents is 2. The number of benzene rings is 3. The van der Waals surface area contributed by atoms with Gasteiger partial charge in [0.2, 0.25) is 0 Å². The zero-order valence-electron chi connectivity index (χ0n) is 20.9. The van der Waals surface area contributed by atoms with E-state index >= 15 is 0 Å². The SMILES string of the molecule is CN1C/C(=C/c2ccc([N+](=O)[O-])cc2)c2nc(Nc3ccccc3)c(C#N)c(-c3ccc([N+](=O)[O-])cc3)c2C1. The van der Waals surface area contributed by atoms with Crippen LogP contribution in [0.15, 0.2) is 78.9 Å². The molecule has 0 saturated heterocycles. The fraction of sp³-hybridized carbons (Fsp3) is 0.103. The molecule has 0 amide bonds. The molecule has 39 heavy (non-hydrogen) atoms. The number of hydrogen-bond acceptors (Lipinski definition) is 8. The van der Waals surface area contributed by atoms with Gasteiger partial charge in [-0.15, -0.1) is 0 Å². The average Bonchev–Trinajstić information content (AvgIpc) is 2.93. The van der Waals surface area contributed by atoms with Crippen molar-refractivity contribution >= 4 is 34.5 Å². The molecule has 0 atom stereocenters. The van der Waals surface area contributed by atoms with Gasteiger partial charge in [-0.25, -0.2) is 4.98 Å². The Morgan fingerprint density at radius 2 is 1.54 bits per heavy atom. The second kappa shape index (κ2) is 10.5. The van der Waals surface area contributed by atoms with E-state index in [1.807, 2.05) is 43.5 Å². The minimum absolute atomic E-state index is 0.00454. The van der Waals surface area contributed by atoms with Gasteiger partial charge in [-0.1, -0.05) is 18.2 Å². The standard InChI is InChI=1S/C29H22N6O4/c1-33-17-21(15-19-7-11-23(12-8-19)34(36)37)28-26(18-33)27(20-9-13-24(14-10-20)35(38)39)25(16-30)29(32-28)31-22-5-3-2-4-6-22/h2-15H,17-18H2,1H3,(H,31,32)/b21-15-. The maximum atomic E-state index is 11.3. The van der Waals surface area contributed by atoms with E-state index < -0.39 is 9.85 Å². The Morgan fingerprint density at radius 3 is 2.13 bits per heavy atom. The highest BCUT2D eigenvalue weighted by Gasteiger charge is 2.28. The van der Waals surface area contributed by atoms with Crippen LogP contribution in [0, 0.1) is 31.6 Å². The number of nitriles is 1. The second-order valence-corrected chi connectivity index (χ2v) is 9.13. The molecule has 4 aromatic rings. The number of nitrogens with zero attached hydrogens (tertiary/aromatic N) is 5. The van der Waals surface area contributed by atoms with Crippen LogP contribution < -0.4 is 5.32 Å². The number of nitro groups is 2. The van der Waals surface area contributed by atoms with Crippen molar-refractivity contribution in [1.29, 1.82) is 5.26 Å². The number of nitro benzene ring substituents is 2. The number of nitrogens with one attached hydrogen (secondary N) is 1. The van der Waals surface area contributed by atoms with Gasteiger partial charge in [0, 0.05) is 54.2 Å². The molecule has 0 saturated carbocycles. The predicted molar refractivity (Wildman–Crippen MR) is 148 cm³/mol. The first-order valence-electron chi connectivity index (χ1n) is 12.0. The first kappa shape index (κ1) is 25.3. The topological polar surface area (TPSA) is 138 Å². The lowest BCUT2D eigenvalue weighted by Gasteiger charge is -2.30. The lowest BCUT2D eigenvalue weighted by molar-refractivity contribution is -0.385. The van der Waals surface area contributed by atoms with Crippen molar-refractivity contribution in [2.45, 2.75) is 6.54 Å². The smallest absolute Gasteiger partial charge is 0.269 e. The summed E-state index contributed by atoms with van der Waals surface area (Å²) < 4.78 is 0. The van der Waals surface area contributed by atoms with E-state index in [4.69, 9.17) is 4.98 Å². The van der Waals surface area contributed by atoms with Gasteiger partial charge in [0.15, 0.2) is 0 Å². The number of rotatable bonds is 6. The summed E-state index contributed by atoms with van der Waals surface area (Å²) in [7, 11) is 1.95. The quantitative estimate of drug-likeness (QED) is 0.236. The summed E-state index contributed by atoms with van der Waals surface area (Å²) in [5.74, 6) is 0.370. The van der Waals surface area contributed by atoms with Crippen LogP contribution in [0.5, 0.6) is 0 Å². The third-order valence-corrected chi connectivity index (χ3v) is 6.43. The Balaban J connectivity index is 1.73. The van der Waals surface area contributed by atoms with E-state index in [1.165, 1.54) is 24.3 Å². The van der Waals surface area contributed by atoms with Gasteiger partial charge in [-0.2, -0.15) is 5.26 Å². The number of hydrogen-bond donors (Lipinski definition) is 1. The number of aromatic nitrogens is 1. The molecule has 1 aliphatic rings. The number of anilines is 2. The highest BCUT2D eigenvalue weighted by molar-refractivity contribution is 5.90. The van der Waals surface area contributed by atoms with E-state index in [9.17, 15) is 25.5 Å². The molecule has 1 N–H and O–H groups in total. The average molecular weight is 519 g/mol. The van der Waals surface area contributed by atoms with Crippen LogP contribution >= 0.6 is 0 Å². The lowest BCUT2D eigenvalue weighted by atomic mass is 9.88. The molecule has 1 aliphatic heterocycles. The predicted octanol–water partition coefficient (Wildman–Crippen LogP) is 6.17. The second-order valence-electron chi connectivity index (χ2n) is 9.13. The van der Waals surface area contributed by atoms with Crippen molar-refractivity contribution in [3.05, 3.63) is 121 Å². The molecule has 10 nitrogen and oxygen atoms in total. The molecule has 0 aliphatic carbocycles. The first-order valence-corrected chi connectivity index (χ1v) is 12.0. The van der Waals surface area contributed by atoms with Crippen LogP contribution in [0.25, 0.3) is 22.8 Å². The summed E-state index contributed by atoms with van der Waals surface area (Å²) in [5, 5.41) is 35.9. The first-order chi connectivity index (χ1) is 18.8. The lowest BCUT2D eigenvalue weighted by Crippen LogP contribution is -2.28. The fourth-order valence-corrected chi connectivity index (χ4v) is 4.67. The summed E-state index contributed by atoms with van der Waals surface area (Å²) >= 11 is 0. The third-order valence-electron chi connectivity index (χ3n) is 6.43. The Bertz CT molecular complexity index is 1640. The highest BCUT2D eigenvalue weighted by atomic mass is 16.6. The summed E-state index contributed by atoms with van der Waals surface area (Å²) in [4.78, 5) is 28.5. The number of pyridine rings is 1. The van der Waals surface area contributed by atoms with Crippen LogP contribution in [0.3, 0.4) is 0 Å². The monoisotopic (exact) mass is 518 g/mol. The van der Waals surface area contributed by atoms with Gasteiger partial charge in [-0.05, 0) is 66.2 Å². The molecular formula is C29H22N6O4. The summed E-state index contributed by atoms with van der Waals surface area (Å²) in [5.41, 5.74) is 5.52. The number of likely N-dealkylation sites (N-methyl/N-ethyl adjacent to an activating group) is 1. The normalized spacial score (nSPS) is 13.9. The molecule has 192 valence electrons. The van der Waals surface area contributed by atoms with E-state index in [2.05, 4.69) is 16.3 Å². The van der Waals surface area contributed by atoms with Crippen LogP contribution in [-0.4, -0.2) is 33.3 Å². The molecule has 5 rings (SSSR count). The van der Waals surface area contributed by atoms with Gasteiger partial charge >= 0.3 is 0 Å². The van der Waals surface area contributed by atoms with Gasteiger partial charge in [0.1, 0.15) is 17.5 Å². The zero-order chi connectivity index (χ0) is 27.5. The molecule has 0 spiro atoms. The maximum Gasteiger partial charge on any atom is 0.269 e. The number of fused-ring (bicyclic) bond motifs is 1. The van der Waals surface area contributed by atoms with Gasteiger partial charge < -0.3 is 5.32 Å². The Labute approximate surface area is 223 Å². The molecule has 1 aromatic heterocycles.